The van der Waals surface area contributed by atoms with Crippen LogP contribution in [-0.2, 0) is 15.9 Å². The Morgan fingerprint density at radius 1 is 1.33 bits per heavy atom. The van der Waals surface area contributed by atoms with E-state index in [-0.39, 0.29) is 11.9 Å². The molecule has 3 aliphatic rings. The minimum Gasteiger partial charge on any atom is -0.347 e. The van der Waals surface area contributed by atoms with Crippen molar-refractivity contribution in [1.82, 2.24) is 10.2 Å². The Morgan fingerprint density at radius 2 is 2.12 bits per heavy atom. The quantitative estimate of drug-likeness (QED) is 0.926. The molecular weight excluding hydrogens is 304 g/mol. The number of likely N-dealkylation sites (tertiary alicyclic amines) is 1. The smallest absolute Gasteiger partial charge is 0.317 e. The van der Waals surface area contributed by atoms with Crippen molar-refractivity contribution >= 4 is 6.03 Å². The highest BCUT2D eigenvalue weighted by Gasteiger charge is 2.42. The van der Waals surface area contributed by atoms with E-state index in [1.54, 1.807) is 0 Å². The first-order chi connectivity index (χ1) is 11.7. The number of nitrogens with one attached hydrogen (secondary N) is 1. The fourth-order valence-corrected chi connectivity index (χ4v) is 4.22. The number of benzene rings is 1. The summed E-state index contributed by atoms with van der Waals surface area (Å²) in [7, 11) is 0. The van der Waals surface area contributed by atoms with Gasteiger partial charge in [0.15, 0.2) is 5.79 Å². The summed E-state index contributed by atoms with van der Waals surface area (Å²) in [4.78, 5) is 14.5. The van der Waals surface area contributed by atoms with Crippen molar-refractivity contribution in [3.8, 4) is 0 Å². The minimum atomic E-state index is -0.522. The van der Waals surface area contributed by atoms with E-state index in [1.165, 1.54) is 11.1 Å². The molecule has 2 heterocycles. The summed E-state index contributed by atoms with van der Waals surface area (Å²) in [5, 5.41) is 3.12. The number of urea groups is 1. The van der Waals surface area contributed by atoms with Gasteiger partial charge in [0.1, 0.15) is 0 Å². The van der Waals surface area contributed by atoms with Crippen LogP contribution >= 0.6 is 0 Å². The second-order valence-electron chi connectivity index (χ2n) is 7.28. The van der Waals surface area contributed by atoms with Gasteiger partial charge in [-0.25, -0.2) is 4.79 Å². The summed E-state index contributed by atoms with van der Waals surface area (Å²) in [6.07, 6.45) is 3.13. The zero-order chi connectivity index (χ0) is 16.6. The third-order valence-electron chi connectivity index (χ3n) is 5.77. The Labute approximate surface area is 143 Å². The molecule has 0 spiro atoms. The van der Waals surface area contributed by atoms with Gasteiger partial charge in [-0.05, 0) is 37.3 Å². The van der Waals surface area contributed by atoms with Crippen LogP contribution in [0.15, 0.2) is 24.3 Å². The molecule has 130 valence electrons. The Morgan fingerprint density at radius 3 is 2.92 bits per heavy atom. The Hall–Kier alpha value is -1.59. The number of carbonyl (C=O) groups excluding carboxylic acids is 1. The number of piperidine rings is 1. The van der Waals surface area contributed by atoms with Gasteiger partial charge < -0.3 is 19.7 Å². The van der Waals surface area contributed by atoms with Gasteiger partial charge in [-0.15, -0.1) is 0 Å². The maximum atomic E-state index is 12.6. The van der Waals surface area contributed by atoms with E-state index in [0.717, 1.165) is 32.4 Å². The van der Waals surface area contributed by atoms with Crippen LogP contribution in [0.1, 0.15) is 36.8 Å². The van der Waals surface area contributed by atoms with E-state index in [9.17, 15) is 4.79 Å². The van der Waals surface area contributed by atoms with Crippen molar-refractivity contribution in [2.45, 2.75) is 37.9 Å². The lowest BCUT2D eigenvalue weighted by molar-refractivity contribution is -0.189. The van der Waals surface area contributed by atoms with Crippen LogP contribution in [-0.4, -0.2) is 49.6 Å². The van der Waals surface area contributed by atoms with Gasteiger partial charge in [0.25, 0.3) is 0 Å². The number of fused-ring (bicyclic) bond motifs is 1. The van der Waals surface area contributed by atoms with Crippen LogP contribution < -0.4 is 5.32 Å². The molecule has 2 fully saturated rings. The fourth-order valence-electron chi connectivity index (χ4n) is 4.22. The molecule has 4 rings (SSSR count). The van der Waals surface area contributed by atoms with Gasteiger partial charge in [-0.3, -0.25) is 0 Å². The predicted octanol–water partition coefficient (Wildman–Crippen LogP) is 2.51. The number of nitrogens with zero attached hydrogens (tertiary/aromatic N) is 1. The van der Waals surface area contributed by atoms with Crippen LogP contribution in [0.4, 0.5) is 4.79 Å². The van der Waals surface area contributed by atoms with Crippen LogP contribution in [0.3, 0.4) is 0 Å². The molecule has 5 heteroatoms. The zero-order valence-corrected chi connectivity index (χ0v) is 14.3. The molecule has 2 atom stereocenters. The van der Waals surface area contributed by atoms with Crippen molar-refractivity contribution in [1.29, 1.82) is 0 Å². The summed E-state index contributed by atoms with van der Waals surface area (Å²) in [6, 6.07) is 8.54. The molecule has 5 nitrogen and oxygen atoms in total. The first-order valence-electron chi connectivity index (χ1n) is 9.04. The first-order valence-corrected chi connectivity index (χ1v) is 9.04. The lowest BCUT2D eigenvalue weighted by Crippen LogP contribution is -2.52. The third kappa shape index (κ3) is 2.91. The highest BCUT2D eigenvalue weighted by atomic mass is 16.7. The predicted molar refractivity (Wildman–Crippen MR) is 90.9 cm³/mol. The van der Waals surface area contributed by atoms with Crippen molar-refractivity contribution in [2.75, 3.05) is 32.8 Å². The molecule has 1 aromatic carbocycles. The molecule has 1 N–H and O–H groups in total. The third-order valence-corrected chi connectivity index (χ3v) is 5.77. The second-order valence-corrected chi connectivity index (χ2v) is 7.28. The lowest BCUT2D eigenvalue weighted by atomic mass is 9.78. The van der Waals surface area contributed by atoms with E-state index < -0.39 is 5.79 Å². The molecule has 0 bridgehead atoms. The molecule has 0 saturated carbocycles. The summed E-state index contributed by atoms with van der Waals surface area (Å²) < 4.78 is 11.6. The molecule has 0 radical (unpaired) electrons. The van der Waals surface area contributed by atoms with Gasteiger partial charge in [0.05, 0.1) is 13.2 Å². The molecule has 2 aliphatic heterocycles. The molecule has 24 heavy (non-hydrogen) atoms. The van der Waals surface area contributed by atoms with Crippen molar-refractivity contribution < 1.29 is 14.3 Å². The summed E-state index contributed by atoms with van der Waals surface area (Å²) in [5.74, 6) is 0.194. The Kier molecular flexibility index (Phi) is 4.22. The standard InChI is InChI=1S/C19H26N2O3/c1-19(23-9-10-24-19)16-6-4-8-21(13-16)18(22)20-12-15-11-14-5-2-3-7-17(14)15/h2-3,5,7,15-16H,4,6,8-13H2,1H3,(H,20,22)/t15-,16-/m0/s1. The largest absolute Gasteiger partial charge is 0.347 e. The van der Waals surface area contributed by atoms with Gasteiger partial charge >= 0.3 is 6.03 Å². The number of amides is 2. The maximum absolute atomic E-state index is 12.6. The Bertz CT molecular complexity index is 612. The van der Waals surface area contributed by atoms with Crippen LogP contribution in [0.25, 0.3) is 0 Å². The van der Waals surface area contributed by atoms with Gasteiger partial charge in [0, 0.05) is 31.5 Å². The van der Waals surface area contributed by atoms with Crippen LogP contribution in [0, 0.1) is 5.92 Å². The number of hydrogen-bond donors (Lipinski definition) is 1. The van der Waals surface area contributed by atoms with E-state index in [0.29, 0.717) is 25.7 Å². The molecule has 0 unspecified atom stereocenters. The van der Waals surface area contributed by atoms with E-state index in [4.69, 9.17) is 9.47 Å². The summed E-state index contributed by atoms with van der Waals surface area (Å²) in [5.41, 5.74) is 2.80. The summed E-state index contributed by atoms with van der Waals surface area (Å²) >= 11 is 0. The van der Waals surface area contributed by atoms with Crippen molar-refractivity contribution in [2.24, 2.45) is 5.92 Å². The number of hydrogen-bond acceptors (Lipinski definition) is 3. The number of rotatable bonds is 3. The number of carbonyl (C=O) groups is 1. The zero-order valence-electron chi connectivity index (χ0n) is 14.3. The maximum Gasteiger partial charge on any atom is 0.317 e. The number of ether oxygens (including phenoxy) is 2. The average molecular weight is 330 g/mol. The van der Waals surface area contributed by atoms with E-state index in [1.807, 2.05) is 11.8 Å². The van der Waals surface area contributed by atoms with E-state index >= 15 is 0 Å². The monoisotopic (exact) mass is 330 g/mol. The molecule has 1 aliphatic carbocycles. The van der Waals surface area contributed by atoms with Gasteiger partial charge in [-0.2, -0.15) is 0 Å². The molecule has 2 saturated heterocycles. The first kappa shape index (κ1) is 15.9. The highest BCUT2D eigenvalue weighted by Crippen LogP contribution is 2.35. The van der Waals surface area contributed by atoms with Crippen molar-refractivity contribution in [3.05, 3.63) is 35.4 Å². The average Bonchev–Trinajstić information content (AvgIpc) is 3.04. The molecule has 2 amide bonds. The molecule has 1 aromatic rings. The lowest BCUT2D eigenvalue weighted by Gasteiger charge is -2.40. The minimum absolute atomic E-state index is 0.0469. The van der Waals surface area contributed by atoms with Crippen molar-refractivity contribution in [3.63, 3.8) is 0 Å². The SMILES string of the molecule is CC1([C@H]2CCCN(C(=O)NC[C@@H]3Cc4ccccc43)C2)OCCO1. The van der Waals surface area contributed by atoms with E-state index in [2.05, 4.69) is 29.6 Å². The van der Waals surface area contributed by atoms with Crippen LogP contribution in [0.2, 0.25) is 0 Å². The molecule has 0 aromatic heterocycles. The topological polar surface area (TPSA) is 50.8 Å². The molecular formula is C19H26N2O3. The normalized spacial score (nSPS) is 28.1. The Balaban J connectivity index is 1.30. The summed E-state index contributed by atoms with van der Waals surface area (Å²) in [6.45, 7) is 5.57. The highest BCUT2D eigenvalue weighted by molar-refractivity contribution is 5.74. The fraction of sp³-hybridized carbons (Fsp3) is 0.632. The second kappa shape index (κ2) is 6.37. The van der Waals surface area contributed by atoms with Crippen LogP contribution in [0.5, 0.6) is 0 Å². The van der Waals surface area contributed by atoms with Gasteiger partial charge in [-0.1, -0.05) is 24.3 Å². The van der Waals surface area contributed by atoms with Gasteiger partial charge in [0.2, 0.25) is 0 Å².